The van der Waals surface area contributed by atoms with Gasteiger partial charge in [0.2, 0.25) is 0 Å². The minimum Gasteiger partial charge on any atom is -0.208 e. The van der Waals surface area contributed by atoms with E-state index < -0.39 is 0 Å². The second kappa shape index (κ2) is 9.96. The van der Waals surface area contributed by atoms with Gasteiger partial charge in [-0.25, -0.2) is 15.0 Å². The molecule has 0 saturated heterocycles. The number of fused-ring (bicyclic) bond motifs is 3. The number of hydrogen-bond acceptors (Lipinski definition) is 4. The molecule has 4 bridgehead atoms. The molecule has 0 radical (unpaired) electrons. The van der Waals surface area contributed by atoms with Crippen molar-refractivity contribution in [2.24, 2.45) is 23.2 Å². The van der Waals surface area contributed by atoms with Gasteiger partial charge >= 0.3 is 0 Å². The summed E-state index contributed by atoms with van der Waals surface area (Å²) in [6.45, 7) is 0. The topological polar surface area (TPSA) is 62.5 Å². The molecule has 4 saturated carbocycles. The highest BCUT2D eigenvalue weighted by atomic mass is 15.0. The minimum absolute atomic E-state index is 0.240. The normalized spacial score (nSPS) is 27.8. The number of hydrogen-bond donors (Lipinski definition) is 0. The number of nitrogens with zero attached hydrogens (tertiary/aromatic N) is 4. The Morgan fingerprint density at radius 3 is 1.86 bits per heavy atom. The molecule has 6 aliphatic rings. The highest BCUT2D eigenvalue weighted by Gasteiger charge is 2.53. The van der Waals surface area contributed by atoms with E-state index in [0.717, 1.165) is 46.4 Å². The van der Waals surface area contributed by atoms with Gasteiger partial charge in [0.25, 0.3) is 0 Å². The van der Waals surface area contributed by atoms with E-state index in [1.807, 2.05) is 42.5 Å². The summed E-state index contributed by atoms with van der Waals surface area (Å²) in [5.74, 6) is 4.94. The van der Waals surface area contributed by atoms with Crippen LogP contribution < -0.4 is 0 Å². The lowest BCUT2D eigenvalue weighted by Gasteiger charge is -2.58. The lowest BCUT2D eigenvalue weighted by Crippen LogP contribution is -2.47. The van der Waals surface area contributed by atoms with Gasteiger partial charge in [0, 0.05) is 22.6 Å². The quantitative estimate of drug-likeness (QED) is 0.245. The molecule has 1 atom stereocenters. The first-order chi connectivity index (χ1) is 21.6. The van der Waals surface area contributed by atoms with E-state index in [-0.39, 0.29) is 11.3 Å². The maximum atomic E-state index is 9.85. The maximum absolute atomic E-state index is 9.85. The van der Waals surface area contributed by atoms with Crippen LogP contribution in [0, 0.1) is 34.5 Å². The minimum atomic E-state index is 0.240. The summed E-state index contributed by atoms with van der Waals surface area (Å²) in [6, 6.07) is 29.3. The molecule has 4 fully saturated rings. The van der Waals surface area contributed by atoms with E-state index in [0.29, 0.717) is 17.5 Å². The summed E-state index contributed by atoms with van der Waals surface area (Å²) >= 11 is 0. The lowest BCUT2D eigenvalue weighted by molar-refractivity contribution is -0.0179. The highest BCUT2D eigenvalue weighted by Crippen LogP contribution is 2.66. The van der Waals surface area contributed by atoms with Gasteiger partial charge in [-0.15, -0.1) is 0 Å². The molecule has 44 heavy (non-hydrogen) atoms. The van der Waals surface area contributed by atoms with Gasteiger partial charge in [-0.05, 0) is 109 Å². The van der Waals surface area contributed by atoms with Crippen LogP contribution in [0.2, 0.25) is 0 Å². The van der Waals surface area contributed by atoms with Crippen LogP contribution >= 0.6 is 0 Å². The smallest absolute Gasteiger partial charge is 0.164 e. The Kier molecular flexibility index (Phi) is 5.85. The number of allylic oxidation sites excluding steroid dienone is 6. The molecule has 4 nitrogen and oxygen atoms in total. The molecular weight excluding hydrogens is 536 g/mol. The number of aromatic nitrogens is 3. The molecule has 214 valence electrons. The largest absolute Gasteiger partial charge is 0.208 e. The Morgan fingerprint density at radius 1 is 0.682 bits per heavy atom. The van der Waals surface area contributed by atoms with E-state index in [1.54, 1.807) is 0 Å². The van der Waals surface area contributed by atoms with Gasteiger partial charge in [-0.3, -0.25) is 0 Å². The standard InChI is InChI=1S/C40H34N4/c41-24-25-11-13-34-35(18-25)33-14-12-31(19-32(33)20-36(34)40-21-26-15-27(22-40)17-28(16-26)23-40)39-43-37(29-7-3-1-4-8-29)42-38(44-39)30-9-5-2-6-10-30/h1-13,18-20,26-28,33H,14-17,21-23H2. The molecule has 0 amide bonds. The van der Waals surface area contributed by atoms with Gasteiger partial charge in [0.15, 0.2) is 17.5 Å². The molecule has 1 heterocycles. The molecule has 6 aliphatic carbocycles. The Morgan fingerprint density at radius 2 is 1.27 bits per heavy atom. The number of benzene rings is 3. The van der Waals surface area contributed by atoms with Crippen molar-refractivity contribution in [3.8, 4) is 28.8 Å². The second-order valence-corrected chi connectivity index (χ2v) is 13.8. The zero-order valence-corrected chi connectivity index (χ0v) is 24.8. The average molecular weight is 571 g/mol. The van der Waals surface area contributed by atoms with Crippen LogP contribution in [0.4, 0.5) is 0 Å². The predicted octanol–water partition coefficient (Wildman–Crippen LogP) is 9.19. The first-order valence-electron chi connectivity index (χ1n) is 16.2. The Hall–Kier alpha value is -4.62. The first kappa shape index (κ1) is 25.8. The predicted molar refractivity (Wildman–Crippen MR) is 174 cm³/mol. The van der Waals surface area contributed by atoms with Crippen LogP contribution in [0.1, 0.15) is 73.4 Å². The van der Waals surface area contributed by atoms with E-state index in [1.165, 1.54) is 60.8 Å². The first-order valence-corrected chi connectivity index (χ1v) is 16.2. The summed E-state index contributed by atoms with van der Waals surface area (Å²) in [5.41, 5.74) is 9.61. The Balaban J connectivity index is 1.18. The van der Waals surface area contributed by atoms with Crippen molar-refractivity contribution < 1.29 is 0 Å². The van der Waals surface area contributed by atoms with Crippen LogP contribution in [0.5, 0.6) is 0 Å². The fourth-order valence-corrected chi connectivity index (χ4v) is 9.55. The molecule has 1 unspecified atom stereocenters. The monoisotopic (exact) mass is 570 g/mol. The van der Waals surface area contributed by atoms with Crippen LogP contribution in [-0.4, -0.2) is 15.0 Å². The van der Waals surface area contributed by atoms with Crippen LogP contribution in [0.25, 0.3) is 33.9 Å². The molecule has 0 N–H and O–H groups in total. The molecular formula is C40H34N4. The fourth-order valence-electron chi connectivity index (χ4n) is 9.55. The summed E-state index contributed by atoms with van der Waals surface area (Å²) in [6.07, 6.45) is 16.3. The van der Waals surface area contributed by atoms with E-state index >= 15 is 0 Å². The van der Waals surface area contributed by atoms with Crippen molar-refractivity contribution in [1.29, 1.82) is 5.26 Å². The van der Waals surface area contributed by atoms with Crippen LogP contribution in [0.15, 0.2) is 103 Å². The molecule has 0 spiro atoms. The number of rotatable bonds is 4. The van der Waals surface area contributed by atoms with Gasteiger partial charge < -0.3 is 0 Å². The van der Waals surface area contributed by atoms with E-state index in [2.05, 4.69) is 60.7 Å². The van der Waals surface area contributed by atoms with Crippen molar-refractivity contribution >= 4 is 11.1 Å². The lowest BCUT2D eigenvalue weighted by atomic mass is 9.46. The molecule has 0 aliphatic heterocycles. The summed E-state index contributed by atoms with van der Waals surface area (Å²) in [4.78, 5) is 15.0. The third-order valence-electron chi connectivity index (χ3n) is 11.0. The summed E-state index contributed by atoms with van der Waals surface area (Å²) < 4.78 is 0. The zero-order valence-electron chi connectivity index (χ0n) is 24.8. The van der Waals surface area contributed by atoms with Crippen molar-refractivity contribution in [3.63, 3.8) is 0 Å². The zero-order chi connectivity index (χ0) is 29.3. The van der Waals surface area contributed by atoms with E-state index in [9.17, 15) is 5.26 Å². The second-order valence-electron chi connectivity index (χ2n) is 13.8. The number of nitriles is 1. The molecule has 4 aromatic rings. The molecule has 10 rings (SSSR count). The fraction of sp³-hybridized carbons (Fsp3) is 0.300. The molecule has 3 aromatic carbocycles. The molecule has 4 heteroatoms. The van der Waals surface area contributed by atoms with Crippen LogP contribution in [0.3, 0.4) is 0 Å². The maximum Gasteiger partial charge on any atom is 0.164 e. The Bertz CT molecular complexity index is 1830. The summed E-state index contributed by atoms with van der Waals surface area (Å²) in [7, 11) is 0. The van der Waals surface area contributed by atoms with Gasteiger partial charge in [0.1, 0.15) is 0 Å². The highest BCUT2D eigenvalue weighted by molar-refractivity contribution is 5.84. The average Bonchev–Trinajstić information content (AvgIpc) is 3.07. The Labute approximate surface area is 258 Å². The van der Waals surface area contributed by atoms with E-state index in [4.69, 9.17) is 15.0 Å². The van der Waals surface area contributed by atoms with Gasteiger partial charge in [0.05, 0.1) is 11.6 Å². The van der Waals surface area contributed by atoms with Crippen molar-refractivity contribution in [3.05, 3.63) is 125 Å². The van der Waals surface area contributed by atoms with Gasteiger partial charge in [-0.2, -0.15) is 5.26 Å². The molecule has 1 aromatic heterocycles. The third kappa shape index (κ3) is 4.21. The van der Waals surface area contributed by atoms with Crippen molar-refractivity contribution in [1.82, 2.24) is 15.0 Å². The van der Waals surface area contributed by atoms with Crippen LogP contribution in [-0.2, 0) is 0 Å². The van der Waals surface area contributed by atoms with Crippen molar-refractivity contribution in [2.45, 2.75) is 50.9 Å². The van der Waals surface area contributed by atoms with Gasteiger partial charge in [-0.1, -0.05) is 78.9 Å². The van der Waals surface area contributed by atoms with Crippen molar-refractivity contribution in [2.75, 3.05) is 0 Å². The third-order valence-corrected chi connectivity index (χ3v) is 11.0. The summed E-state index contributed by atoms with van der Waals surface area (Å²) in [5, 5.41) is 9.85. The SMILES string of the molecule is N#Cc1ccc2c(c1)C1CC=C(c3nc(-c4ccccc4)nc(-c4ccccc4)n3)C=C1C=C2C12CC3CC(CC(C3)C1)C2.